The number of rotatable bonds is 7. The van der Waals surface area contributed by atoms with Gasteiger partial charge in [0.05, 0.1) is 11.5 Å². The molecule has 0 aliphatic rings. The van der Waals surface area contributed by atoms with E-state index in [1.165, 1.54) is 12.1 Å². The molecule has 0 saturated heterocycles. The number of nitrogens with one attached hydrogen (secondary N) is 2. The summed E-state index contributed by atoms with van der Waals surface area (Å²) < 4.78 is 32.9. The quantitative estimate of drug-likeness (QED) is 0.603. The molecule has 1 amide bonds. The molecule has 0 aliphatic heterocycles. The van der Waals surface area contributed by atoms with E-state index in [-0.39, 0.29) is 10.8 Å². The van der Waals surface area contributed by atoms with Gasteiger partial charge in [-0.2, -0.15) is 0 Å². The number of aryl methyl sites for hydroxylation is 1. The summed E-state index contributed by atoms with van der Waals surface area (Å²) in [5.41, 5.74) is 2.59. The summed E-state index contributed by atoms with van der Waals surface area (Å²) in [5, 5.41) is 2.81. The zero-order chi connectivity index (χ0) is 20.9. The molecule has 0 fully saturated rings. The van der Waals surface area contributed by atoms with Crippen LogP contribution < -0.4 is 14.8 Å². The highest BCUT2D eigenvalue weighted by Crippen LogP contribution is 2.20. The van der Waals surface area contributed by atoms with Gasteiger partial charge >= 0.3 is 0 Å². The average Bonchev–Trinajstić information content (AvgIpc) is 2.71. The summed E-state index contributed by atoms with van der Waals surface area (Å²) in [6.45, 7) is 4.34. The van der Waals surface area contributed by atoms with Crippen LogP contribution in [-0.4, -0.2) is 20.9 Å². The molecule has 29 heavy (non-hydrogen) atoms. The normalized spacial score (nSPS) is 11.0. The number of hydrogen-bond acceptors (Lipinski definition) is 4. The maximum absolute atomic E-state index is 12.5. The fourth-order valence-corrected chi connectivity index (χ4v) is 3.68. The van der Waals surface area contributed by atoms with Gasteiger partial charge in [0.15, 0.2) is 0 Å². The minimum Gasteiger partial charge on any atom is -0.494 e. The first-order chi connectivity index (χ1) is 13.9. The Labute approximate surface area is 170 Å². The maximum Gasteiger partial charge on any atom is 0.261 e. The number of sulfonamides is 1. The minimum atomic E-state index is -3.74. The van der Waals surface area contributed by atoms with Crippen LogP contribution in [0.15, 0.2) is 77.7 Å². The molecule has 150 valence electrons. The lowest BCUT2D eigenvalue weighted by Gasteiger charge is -2.10. The van der Waals surface area contributed by atoms with Crippen molar-refractivity contribution in [3.8, 4) is 5.75 Å². The molecule has 0 aliphatic carbocycles. The van der Waals surface area contributed by atoms with Gasteiger partial charge in [-0.1, -0.05) is 17.7 Å². The number of amides is 1. The second kappa shape index (κ2) is 8.79. The highest BCUT2D eigenvalue weighted by Gasteiger charge is 2.15. The lowest BCUT2D eigenvalue weighted by atomic mass is 10.2. The largest absolute Gasteiger partial charge is 0.494 e. The number of hydrogen-bond donors (Lipinski definition) is 2. The molecule has 0 aromatic heterocycles. The van der Waals surface area contributed by atoms with Gasteiger partial charge in [0.1, 0.15) is 5.75 Å². The molecule has 0 spiro atoms. The van der Waals surface area contributed by atoms with E-state index < -0.39 is 10.0 Å². The molecule has 3 rings (SSSR count). The van der Waals surface area contributed by atoms with E-state index in [0.29, 0.717) is 29.3 Å². The van der Waals surface area contributed by atoms with Crippen LogP contribution in [0.2, 0.25) is 0 Å². The molecule has 0 radical (unpaired) electrons. The Kier molecular flexibility index (Phi) is 6.19. The molecule has 6 nitrogen and oxygen atoms in total. The third-order valence-corrected chi connectivity index (χ3v) is 5.55. The average molecular weight is 410 g/mol. The van der Waals surface area contributed by atoms with Crippen molar-refractivity contribution in [2.24, 2.45) is 0 Å². The van der Waals surface area contributed by atoms with E-state index in [9.17, 15) is 13.2 Å². The van der Waals surface area contributed by atoms with Crippen molar-refractivity contribution < 1.29 is 17.9 Å². The second-order valence-electron chi connectivity index (χ2n) is 6.41. The Balaban J connectivity index is 1.67. The third kappa shape index (κ3) is 5.36. The molecule has 0 bridgehead atoms. The second-order valence-corrected chi connectivity index (χ2v) is 8.09. The summed E-state index contributed by atoms with van der Waals surface area (Å²) in [7, 11) is -3.74. The Hall–Kier alpha value is -3.32. The van der Waals surface area contributed by atoms with Gasteiger partial charge in [0, 0.05) is 16.9 Å². The van der Waals surface area contributed by atoms with Crippen LogP contribution in [0.3, 0.4) is 0 Å². The molecule has 0 heterocycles. The zero-order valence-corrected chi connectivity index (χ0v) is 17.0. The van der Waals surface area contributed by atoms with E-state index in [1.807, 2.05) is 38.1 Å². The predicted molar refractivity (Wildman–Crippen MR) is 114 cm³/mol. The molecule has 2 N–H and O–H groups in total. The molecule has 3 aromatic rings. The maximum atomic E-state index is 12.5. The fourth-order valence-electron chi connectivity index (χ4n) is 2.63. The van der Waals surface area contributed by atoms with Gasteiger partial charge < -0.3 is 10.1 Å². The van der Waals surface area contributed by atoms with Crippen LogP contribution in [0.25, 0.3) is 0 Å². The number of anilines is 2. The van der Waals surface area contributed by atoms with Gasteiger partial charge in [0.2, 0.25) is 0 Å². The molecule has 7 heteroatoms. The van der Waals surface area contributed by atoms with Crippen molar-refractivity contribution in [3.63, 3.8) is 0 Å². The van der Waals surface area contributed by atoms with Gasteiger partial charge in [0.25, 0.3) is 15.9 Å². The molecule has 0 saturated carbocycles. The Bertz CT molecular complexity index is 1080. The zero-order valence-electron chi connectivity index (χ0n) is 16.2. The van der Waals surface area contributed by atoms with Crippen molar-refractivity contribution >= 4 is 27.3 Å². The van der Waals surface area contributed by atoms with Gasteiger partial charge in [-0.25, -0.2) is 8.42 Å². The van der Waals surface area contributed by atoms with Crippen LogP contribution in [0.4, 0.5) is 11.4 Å². The first-order valence-electron chi connectivity index (χ1n) is 9.11. The molecule has 0 unspecified atom stereocenters. The van der Waals surface area contributed by atoms with Crippen molar-refractivity contribution in [1.29, 1.82) is 0 Å². The third-order valence-electron chi connectivity index (χ3n) is 4.15. The van der Waals surface area contributed by atoms with Gasteiger partial charge in [-0.15, -0.1) is 0 Å². The number of carbonyl (C=O) groups excluding carboxylic acids is 1. The Morgan fingerprint density at radius 2 is 1.45 bits per heavy atom. The monoisotopic (exact) mass is 410 g/mol. The minimum absolute atomic E-state index is 0.127. The summed E-state index contributed by atoms with van der Waals surface area (Å²) in [4.78, 5) is 12.5. The van der Waals surface area contributed by atoms with Crippen molar-refractivity contribution in [3.05, 3.63) is 83.9 Å². The standard InChI is InChI=1S/C22H22N2O4S/c1-3-28-20-12-14-21(15-13-20)29(26,27)24-19-10-6-17(7-11-19)22(25)23-18-8-4-16(2)5-9-18/h4-15,24H,3H2,1-2H3,(H,23,25). The highest BCUT2D eigenvalue weighted by molar-refractivity contribution is 7.92. The van der Waals surface area contributed by atoms with Crippen LogP contribution in [0, 0.1) is 6.92 Å². The summed E-state index contributed by atoms with van der Waals surface area (Å²) in [6.07, 6.45) is 0. The van der Waals surface area contributed by atoms with Crippen LogP contribution in [-0.2, 0) is 10.0 Å². The smallest absolute Gasteiger partial charge is 0.261 e. The van der Waals surface area contributed by atoms with Crippen molar-refractivity contribution in [1.82, 2.24) is 0 Å². The van der Waals surface area contributed by atoms with Crippen molar-refractivity contribution in [2.75, 3.05) is 16.6 Å². The van der Waals surface area contributed by atoms with Crippen LogP contribution >= 0.6 is 0 Å². The lowest BCUT2D eigenvalue weighted by Crippen LogP contribution is -2.14. The number of benzene rings is 3. The first kappa shape index (κ1) is 20.4. The summed E-state index contributed by atoms with van der Waals surface area (Å²) in [6, 6.07) is 19.9. The van der Waals surface area contributed by atoms with E-state index in [4.69, 9.17) is 4.74 Å². The number of ether oxygens (including phenoxy) is 1. The number of carbonyl (C=O) groups is 1. The van der Waals surface area contributed by atoms with Gasteiger partial charge in [-0.3, -0.25) is 9.52 Å². The fraction of sp³-hybridized carbons (Fsp3) is 0.136. The summed E-state index contributed by atoms with van der Waals surface area (Å²) >= 11 is 0. The molecular weight excluding hydrogens is 388 g/mol. The predicted octanol–water partition coefficient (Wildman–Crippen LogP) is 4.45. The van der Waals surface area contributed by atoms with Gasteiger partial charge in [-0.05, 0) is 74.5 Å². The molecule has 3 aromatic carbocycles. The SMILES string of the molecule is CCOc1ccc(S(=O)(=O)Nc2ccc(C(=O)Nc3ccc(C)cc3)cc2)cc1. The van der Waals surface area contributed by atoms with Crippen molar-refractivity contribution in [2.45, 2.75) is 18.7 Å². The lowest BCUT2D eigenvalue weighted by molar-refractivity contribution is 0.102. The Morgan fingerprint density at radius 3 is 2.03 bits per heavy atom. The van der Waals surface area contributed by atoms with E-state index >= 15 is 0 Å². The van der Waals surface area contributed by atoms with E-state index in [2.05, 4.69) is 10.0 Å². The van der Waals surface area contributed by atoms with E-state index in [1.54, 1.807) is 36.4 Å². The molecular formula is C22H22N2O4S. The molecule has 0 atom stereocenters. The Morgan fingerprint density at radius 1 is 0.862 bits per heavy atom. The summed E-state index contributed by atoms with van der Waals surface area (Å²) in [5.74, 6) is 0.338. The topological polar surface area (TPSA) is 84.5 Å². The van der Waals surface area contributed by atoms with Crippen LogP contribution in [0.1, 0.15) is 22.8 Å². The highest BCUT2D eigenvalue weighted by atomic mass is 32.2. The first-order valence-corrected chi connectivity index (χ1v) is 10.6. The van der Waals surface area contributed by atoms with E-state index in [0.717, 1.165) is 5.56 Å². The van der Waals surface area contributed by atoms with Crippen LogP contribution in [0.5, 0.6) is 5.75 Å².